The van der Waals surface area contributed by atoms with E-state index >= 15 is 0 Å². The van der Waals surface area contributed by atoms with Crippen LogP contribution in [-0.2, 0) is 10.0 Å². The van der Waals surface area contributed by atoms with Crippen molar-refractivity contribution in [1.82, 2.24) is 0 Å². The van der Waals surface area contributed by atoms with Crippen molar-refractivity contribution in [2.75, 3.05) is 0 Å². The second kappa shape index (κ2) is 6.17. The van der Waals surface area contributed by atoms with E-state index in [1.807, 2.05) is 24.3 Å². The molecule has 2 N–H and O–H groups in total. The summed E-state index contributed by atoms with van der Waals surface area (Å²) in [4.78, 5) is 0.0388. The molecule has 21 heavy (non-hydrogen) atoms. The Morgan fingerprint density at radius 1 is 1.10 bits per heavy atom. The highest BCUT2D eigenvalue weighted by Crippen LogP contribution is 2.32. The van der Waals surface area contributed by atoms with Gasteiger partial charge >= 0.3 is 0 Å². The Morgan fingerprint density at radius 2 is 1.71 bits per heavy atom. The van der Waals surface area contributed by atoms with Crippen molar-refractivity contribution in [3.05, 3.63) is 52.5 Å². The molecule has 0 aliphatic heterocycles. The second-order valence-corrected chi connectivity index (χ2v) is 7.38. The van der Waals surface area contributed by atoms with Gasteiger partial charge in [0.2, 0.25) is 10.0 Å². The van der Waals surface area contributed by atoms with Crippen LogP contribution in [0.15, 0.2) is 51.8 Å². The van der Waals surface area contributed by atoms with Gasteiger partial charge < -0.3 is 4.74 Å². The molecule has 2 aromatic rings. The Morgan fingerprint density at radius 3 is 2.19 bits per heavy atom. The van der Waals surface area contributed by atoms with E-state index in [-0.39, 0.29) is 4.90 Å². The van der Waals surface area contributed by atoms with Crippen molar-refractivity contribution >= 4 is 26.0 Å². The van der Waals surface area contributed by atoms with E-state index in [1.54, 1.807) is 6.07 Å². The minimum absolute atomic E-state index is 0.0388. The Bertz CT molecular complexity index is 740. The Kier molecular flexibility index (Phi) is 4.70. The highest BCUT2D eigenvalue weighted by atomic mass is 79.9. The first-order chi connectivity index (χ1) is 9.77. The third-order valence-corrected chi connectivity index (χ3v) is 4.54. The summed E-state index contributed by atoms with van der Waals surface area (Å²) in [6.07, 6.45) is 0. The van der Waals surface area contributed by atoms with Crippen molar-refractivity contribution in [3.63, 3.8) is 0 Å². The predicted molar refractivity (Wildman–Crippen MR) is 86.1 cm³/mol. The molecule has 0 aliphatic carbocycles. The molecule has 0 fully saturated rings. The molecular weight excluding hydrogens is 354 g/mol. The van der Waals surface area contributed by atoms with E-state index in [1.165, 1.54) is 17.7 Å². The van der Waals surface area contributed by atoms with E-state index in [0.29, 0.717) is 21.9 Å². The van der Waals surface area contributed by atoms with Crippen LogP contribution < -0.4 is 9.88 Å². The smallest absolute Gasteiger partial charge is 0.238 e. The van der Waals surface area contributed by atoms with Crippen LogP contribution in [0.25, 0.3) is 0 Å². The molecule has 0 spiro atoms. The number of sulfonamides is 1. The molecular formula is C15H16BrNO3S. The Labute approximate surface area is 133 Å². The highest BCUT2D eigenvalue weighted by Gasteiger charge is 2.11. The number of ether oxygens (including phenoxy) is 1. The fourth-order valence-electron chi connectivity index (χ4n) is 1.79. The zero-order valence-electron chi connectivity index (χ0n) is 11.7. The van der Waals surface area contributed by atoms with Gasteiger partial charge in [0.15, 0.2) is 0 Å². The summed E-state index contributed by atoms with van der Waals surface area (Å²) < 4.78 is 28.8. The molecule has 0 bridgehead atoms. The van der Waals surface area contributed by atoms with Crippen molar-refractivity contribution < 1.29 is 13.2 Å². The fourth-order valence-corrected chi connectivity index (χ4v) is 2.94. The van der Waals surface area contributed by atoms with Crippen LogP contribution >= 0.6 is 15.9 Å². The lowest BCUT2D eigenvalue weighted by atomic mass is 10.0. The molecule has 0 saturated carbocycles. The van der Waals surface area contributed by atoms with Crippen molar-refractivity contribution in [2.24, 2.45) is 5.14 Å². The Hall–Kier alpha value is -1.37. The quantitative estimate of drug-likeness (QED) is 0.884. The topological polar surface area (TPSA) is 69.4 Å². The summed E-state index contributed by atoms with van der Waals surface area (Å²) in [5.41, 5.74) is 1.23. The molecule has 0 aromatic heterocycles. The van der Waals surface area contributed by atoms with E-state index in [4.69, 9.17) is 9.88 Å². The van der Waals surface area contributed by atoms with Crippen LogP contribution in [0.1, 0.15) is 25.3 Å². The van der Waals surface area contributed by atoms with Crippen LogP contribution in [0.3, 0.4) is 0 Å². The number of nitrogens with two attached hydrogens (primary N) is 1. The maximum Gasteiger partial charge on any atom is 0.238 e. The first-order valence-electron chi connectivity index (χ1n) is 6.37. The molecule has 0 atom stereocenters. The van der Waals surface area contributed by atoms with Crippen LogP contribution in [0.4, 0.5) is 0 Å². The zero-order valence-corrected chi connectivity index (χ0v) is 14.1. The van der Waals surface area contributed by atoms with Crippen LogP contribution in [0.5, 0.6) is 11.5 Å². The molecule has 2 aromatic carbocycles. The van der Waals surface area contributed by atoms with Gasteiger partial charge in [-0.25, -0.2) is 13.6 Å². The van der Waals surface area contributed by atoms with E-state index in [2.05, 4.69) is 29.8 Å². The maximum atomic E-state index is 11.3. The number of halogens is 1. The van der Waals surface area contributed by atoms with Crippen LogP contribution in [-0.4, -0.2) is 8.42 Å². The van der Waals surface area contributed by atoms with Gasteiger partial charge in [-0.15, -0.1) is 0 Å². The monoisotopic (exact) mass is 369 g/mol. The number of hydrogen-bond donors (Lipinski definition) is 1. The lowest BCUT2D eigenvalue weighted by Gasteiger charge is -2.10. The van der Waals surface area contributed by atoms with Gasteiger partial charge in [0.25, 0.3) is 0 Å². The molecule has 112 valence electrons. The molecule has 0 radical (unpaired) electrons. The third-order valence-electron chi connectivity index (χ3n) is 3.01. The summed E-state index contributed by atoms with van der Waals surface area (Å²) in [5.74, 6) is 1.67. The number of hydrogen-bond acceptors (Lipinski definition) is 3. The summed E-state index contributed by atoms with van der Waals surface area (Å²) in [6.45, 7) is 4.25. The molecule has 4 nitrogen and oxygen atoms in total. The lowest BCUT2D eigenvalue weighted by Crippen LogP contribution is -2.11. The molecule has 0 heterocycles. The first-order valence-corrected chi connectivity index (χ1v) is 8.71. The number of rotatable bonds is 4. The van der Waals surface area contributed by atoms with Gasteiger partial charge in [-0.05, 0) is 57.7 Å². The molecule has 0 saturated heterocycles. The predicted octanol–water partition coefficient (Wildman–Crippen LogP) is 4.01. The normalized spacial score (nSPS) is 11.7. The maximum absolute atomic E-state index is 11.3. The summed E-state index contributed by atoms with van der Waals surface area (Å²) in [7, 11) is -3.72. The van der Waals surface area contributed by atoms with E-state index in [0.717, 1.165) is 0 Å². The minimum atomic E-state index is -3.72. The fraction of sp³-hybridized carbons (Fsp3) is 0.200. The summed E-state index contributed by atoms with van der Waals surface area (Å²) in [5, 5.41) is 5.08. The lowest BCUT2D eigenvalue weighted by molar-refractivity contribution is 0.478. The van der Waals surface area contributed by atoms with Crippen molar-refractivity contribution in [3.8, 4) is 11.5 Å². The Balaban J connectivity index is 2.24. The van der Waals surface area contributed by atoms with Gasteiger partial charge in [-0.1, -0.05) is 26.0 Å². The molecule has 0 amide bonds. The van der Waals surface area contributed by atoms with Crippen molar-refractivity contribution in [1.29, 1.82) is 0 Å². The molecule has 2 rings (SSSR count). The largest absolute Gasteiger partial charge is 0.456 e. The summed E-state index contributed by atoms with van der Waals surface area (Å²) >= 11 is 3.29. The van der Waals surface area contributed by atoms with Crippen LogP contribution in [0.2, 0.25) is 0 Å². The van der Waals surface area contributed by atoms with Crippen LogP contribution in [0, 0.1) is 0 Å². The van der Waals surface area contributed by atoms with Gasteiger partial charge in [-0.2, -0.15) is 0 Å². The molecule has 6 heteroatoms. The highest BCUT2D eigenvalue weighted by molar-refractivity contribution is 9.10. The molecule has 0 aliphatic rings. The average molecular weight is 370 g/mol. The summed E-state index contributed by atoms with van der Waals surface area (Å²) in [6, 6.07) is 12.2. The average Bonchev–Trinajstić information content (AvgIpc) is 2.40. The SMILES string of the molecule is CC(C)c1ccc(Oc2ccc(S(N)(=O)=O)cc2Br)cc1. The number of primary sulfonamides is 1. The van der Waals surface area contributed by atoms with Gasteiger partial charge in [0, 0.05) is 0 Å². The number of benzene rings is 2. The molecule has 0 unspecified atom stereocenters. The van der Waals surface area contributed by atoms with E-state index in [9.17, 15) is 8.42 Å². The van der Waals surface area contributed by atoms with E-state index < -0.39 is 10.0 Å². The first kappa shape index (κ1) is 16.0. The van der Waals surface area contributed by atoms with Gasteiger partial charge in [0.1, 0.15) is 11.5 Å². The standard InChI is InChI=1S/C15H16BrNO3S/c1-10(2)11-3-5-12(6-4-11)20-15-8-7-13(9-14(15)16)21(17,18)19/h3-10H,1-2H3,(H2,17,18,19). The van der Waals surface area contributed by atoms with Gasteiger partial charge in [-0.3, -0.25) is 0 Å². The van der Waals surface area contributed by atoms with Crippen molar-refractivity contribution in [2.45, 2.75) is 24.7 Å². The van der Waals surface area contributed by atoms with Gasteiger partial charge in [0.05, 0.1) is 9.37 Å². The minimum Gasteiger partial charge on any atom is -0.456 e. The second-order valence-electron chi connectivity index (χ2n) is 4.96. The zero-order chi connectivity index (χ0) is 15.6. The third kappa shape index (κ3) is 4.06.